The number of urea groups is 1. The Bertz CT molecular complexity index is 1430. The van der Waals surface area contributed by atoms with Crippen molar-refractivity contribution in [1.29, 1.82) is 0 Å². The van der Waals surface area contributed by atoms with Crippen molar-refractivity contribution in [3.05, 3.63) is 101 Å². The number of fused-ring (bicyclic) bond motifs is 1. The predicted molar refractivity (Wildman–Crippen MR) is 135 cm³/mol. The van der Waals surface area contributed by atoms with Crippen molar-refractivity contribution in [1.82, 2.24) is 10.2 Å². The Hall–Kier alpha value is -3.98. The Labute approximate surface area is 209 Å². The summed E-state index contributed by atoms with van der Waals surface area (Å²) < 4.78 is 25.7. The van der Waals surface area contributed by atoms with E-state index in [0.717, 1.165) is 16.7 Å². The number of benzene rings is 3. The summed E-state index contributed by atoms with van der Waals surface area (Å²) in [6.07, 6.45) is 1.62. The number of hydrogen-bond donors (Lipinski definition) is 1. The molecule has 3 amide bonds. The summed E-state index contributed by atoms with van der Waals surface area (Å²) in [5.74, 6) is -0.944. The van der Waals surface area contributed by atoms with Crippen LogP contribution in [0, 0.1) is 0 Å². The Morgan fingerprint density at radius 2 is 1.56 bits per heavy atom. The number of hydrogen-bond acceptors (Lipinski definition) is 5. The van der Waals surface area contributed by atoms with Crippen LogP contribution in [0.2, 0.25) is 0 Å². The van der Waals surface area contributed by atoms with Gasteiger partial charge in [0.2, 0.25) is 10.0 Å². The lowest BCUT2D eigenvalue weighted by Gasteiger charge is -2.28. The normalized spacial score (nSPS) is 18.8. The topological polar surface area (TPSA) is 104 Å². The van der Waals surface area contributed by atoms with Crippen LogP contribution >= 0.6 is 0 Å². The van der Waals surface area contributed by atoms with E-state index in [4.69, 9.17) is 0 Å². The highest BCUT2D eigenvalue weighted by atomic mass is 32.2. The molecule has 2 heterocycles. The zero-order valence-corrected chi connectivity index (χ0v) is 20.7. The molecule has 5 rings (SSSR count). The molecule has 3 aromatic carbocycles. The Morgan fingerprint density at radius 1 is 0.972 bits per heavy atom. The number of carbonyl (C=O) groups excluding carboxylic acids is 3. The summed E-state index contributed by atoms with van der Waals surface area (Å²) in [6.45, 7) is 1.37. The van der Waals surface area contributed by atoms with Crippen LogP contribution < -0.4 is 9.62 Å². The third-order valence-corrected chi connectivity index (χ3v) is 8.00. The number of sulfonamides is 1. The smallest absolute Gasteiger partial charge is 0.315 e. The van der Waals surface area contributed by atoms with Gasteiger partial charge in [-0.15, -0.1) is 0 Å². The molecule has 1 saturated heterocycles. The average Bonchev–Trinajstić information content (AvgIpc) is 3.33. The van der Waals surface area contributed by atoms with Crippen molar-refractivity contribution < 1.29 is 22.8 Å². The lowest BCUT2D eigenvalue weighted by molar-refractivity contribution is -0.129. The Morgan fingerprint density at radius 3 is 2.11 bits per heavy atom. The second-order valence-corrected chi connectivity index (χ2v) is 11.0. The van der Waals surface area contributed by atoms with Gasteiger partial charge >= 0.3 is 6.03 Å². The van der Waals surface area contributed by atoms with E-state index in [2.05, 4.69) is 5.32 Å². The van der Waals surface area contributed by atoms with E-state index >= 15 is 0 Å². The van der Waals surface area contributed by atoms with Gasteiger partial charge in [0.25, 0.3) is 5.91 Å². The number of nitrogens with one attached hydrogen (secondary N) is 1. The van der Waals surface area contributed by atoms with E-state index in [1.165, 1.54) is 10.4 Å². The van der Waals surface area contributed by atoms with Crippen molar-refractivity contribution in [3.63, 3.8) is 0 Å². The molecule has 0 aliphatic carbocycles. The zero-order valence-electron chi connectivity index (χ0n) is 19.8. The minimum absolute atomic E-state index is 0.261. The number of rotatable bonds is 6. The van der Waals surface area contributed by atoms with Gasteiger partial charge in [-0.3, -0.25) is 18.8 Å². The molecule has 8 nitrogen and oxygen atoms in total. The van der Waals surface area contributed by atoms with Crippen molar-refractivity contribution in [3.8, 4) is 0 Å². The first-order chi connectivity index (χ1) is 17.1. The number of imide groups is 1. The van der Waals surface area contributed by atoms with Gasteiger partial charge < -0.3 is 5.32 Å². The van der Waals surface area contributed by atoms with Crippen LogP contribution in [0.3, 0.4) is 0 Å². The third-order valence-electron chi connectivity index (χ3n) is 6.73. The molecule has 0 aromatic heterocycles. The van der Waals surface area contributed by atoms with Crippen molar-refractivity contribution in [2.45, 2.75) is 24.9 Å². The Kier molecular flexibility index (Phi) is 5.67. The second kappa shape index (κ2) is 8.60. The minimum atomic E-state index is -3.45. The van der Waals surface area contributed by atoms with E-state index in [-0.39, 0.29) is 6.04 Å². The quantitative estimate of drug-likeness (QED) is 0.411. The zero-order chi connectivity index (χ0) is 25.7. The summed E-state index contributed by atoms with van der Waals surface area (Å²) >= 11 is 0. The molecule has 0 spiro atoms. The predicted octanol–water partition coefficient (Wildman–Crippen LogP) is 3.08. The molecule has 1 fully saturated rings. The van der Waals surface area contributed by atoms with Gasteiger partial charge in [-0.1, -0.05) is 60.7 Å². The van der Waals surface area contributed by atoms with E-state index < -0.39 is 39.8 Å². The van der Waals surface area contributed by atoms with Crippen LogP contribution in [0.1, 0.15) is 34.0 Å². The molecule has 0 radical (unpaired) electrons. The number of ketones is 1. The van der Waals surface area contributed by atoms with Crippen LogP contribution in [0.15, 0.2) is 78.9 Å². The number of anilines is 1. The van der Waals surface area contributed by atoms with Crippen LogP contribution in [0.4, 0.5) is 10.5 Å². The molecule has 2 aliphatic rings. The Balaban J connectivity index is 1.46. The fourth-order valence-electron chi connectivity index (χ4n) is 5.17. The molecular formula is C27H25N3O5S. The molecule has 1 unspecified atom stereocenters. The molecule has 1 atom stereocenters. The average molecular weight is 504 g/mol. The van der Waals surface area contributed by atoms with Crippen molar-refractivity contribution in [2.24, 2.45) is 0 Å². The maximum absolute atomic E-state index is 13.8. The van der Waals surface area contributed by atoms with Gasteiger partial charge in [-0.25, -0.2) is 13.2 Å². The third kappa shape index (κ3) is 3.76. The number of amides is 3. The maximum atomic E-state index is 13.8. The van der Waals surface area contributed by atoms with Gasteiger partial charge in [-0.05, 0) is 48.2 Å². The monoisotopic (exact) mass is 503 g/mol. The molecular weight excluding hydrogens is 478 g/mol. The highest BCUT2D eigenvalue weighted by Crippen LogP contribution is 2.37. The van der Waals surface area contributed by atoms with Crippen molar-refractivity contribution >= 4 is 33.4 Å². The van der Waals surface area contributed by atoms with Crippen LogP contribution in [0.25, 0.3) is 0 Å². The highest BCUT2D eigenvalue weighted by molar-refractivity contribution is 7.92. The van der Waals surface area contributed by atoms with Gasteiger partial charge in [0.05, 0.1) is 18.5 Å². The minimum Gasteiger partial charge on any atom is -0.315 e. The molecule has 3 aromatic rings. The largest absolute Gasteiger partial charge is 0.325 e. The maximum Gasteiger partial charge on any atom is 0.325 e. The first kappa shape index (κ1) is 23.7. The SMILES string of the molecule is CC1Cc2cc(C(=O)CN3C(=O)NC(c4ccccc4)(c4ccccc4)C3=O)ccc2N1S(C)(=O)=O. The molecule has 9 heteroatoms. The number of nitrogens with zero attached hydrogens (tertiary/aromatic N) is 2. The molecule has 0 bridgehead atoms. The lowest BCUT2D eigenvalue weighted by Crippen LogP contribution is -2.45. The van der Waals surface area contributed by atoms with Crippen LogP contribution in [-0.2, 0) is 26.8 Å². The fourth-order valence-corrected chi connectivity index (χ4v) is 6.43. The number of carbonyl (C=O) groups is 3. The molecule has 0 saturated carbocycles. The summed E-state index contributed by atoms with van der Waals surface area (Å²) in [4.78, 5) is 41.0. The molecule has 36 heavy (non-hydrogen) atoms. The highest BCUT2D eigenvalue weighted by Gasteiger charge is 2.54. The first-order valence-corrected chi connectivity index (χ1v) is 13.4. The van der Waals surface area contributed by atoms with Crippen LogP contribution in [0.5, 0.6) is 0 Å². The van der Waals surface area contributed by atoms with Gasteiger partial charge in [-0.2, -0.15) is 0 Å². The van der Waals surface area contributed by atoms with E-state index in [9.17, 15) is 22.8 Å². The fraction of sp³-hybridized carbons (Fsp3) is 0.222. The van der Waals surface area contributed by atoms with Gasteiger partial charge in [0, 0.05) is 11.6 Å². The molecule has 2 aliphatic heterocycles. The van der Waals surface area contributed by atoms with E-state index in [1.54, 1.807) is 60.7 Å². The summed E-state index contributed by atoms with van der Waals surface area (Å²) in [5.41, 5.74) is 1.34. The summed E-state index contributed by atoms with van der Waals surface area (Å²) in [5, 5.41) is 2.84. The first-order valence-electron chi connectivity index (χ1n) is 11.5. The van der Waals surface area contributed by atoms with E-state index in [0.29, 0.717) is 28.8 Å². The molecule has 184 valence electrons. The summed E-state index contributed by atoms with van der Waals surface area (Å²) in [7, 11) is -3.45. The standard InChI is InChI=1S/C27H25N3O5S/c1-18-15-20-16-19(13-14-23(20)30(18)36(2,34)35)24(31)17-29-25(32)27(28-26(29)33,21-9-5-3-6-10-21)22-11-7-4-8-12-22/h3-14,16,18H,15,17H2,1-2H3,(H,28,33). The van der Waals surface area contributed by atoms with Gasteiger partial charge in [0.1, 0.15) is 0 Å². The van der Waals surface area contributed by atoms with E-state index in [1.807, 2.05) is 19.1 Å². The number of Topliss-reactive ketones (excluding diaryl/α,β-unsaturated/α-hetero) is 1. The summed E-state index contributed by atoms with van der Waals surface area (Å²) in [6, 6.07) is 21.8. The lowest BCUT2D eigenvalue weighted by atomic mass is 9.82. The van der Waals surface area contributed by atoms with Crippen molar-refractivity contribution in [2.75, 3.05) is 17.1 Å². The van der Waals surface area contributed by atoms with Gasteiger partial charge in [0.15, 0.2) is 11.3 Å². The second-order valence-electron chi connectivity index (χ2n) is 9.18. The van der Waals surface area contributed by atoms with Crippen LogP contribution in [-0.4, -0.2) is 49.9 Å². The molecule has 1 N–H and O–H groups in total.